The molecule has 0 fully saturated rings. The van der Waals surface area contributed by atoms with Crippen LogP contribution in [0.5, 0.6) is 0 Å². The van der Waals surface area contributed by atoms with E-state index in [9.17, 15) is 9.59 Å². The number of nitrogen functional groups attached to an aromatic ring is 1. The Morgan fingerprint density at radius 1 is 1.25 bits per heavy atom. The third-order valence-corrected chi connectivity index (χ3v) is 3.62. The smallest absolute Gasteiger partial charge is 0.350 e. The van der Waals surface area contributed by atoms with Crippen molar-refractivity contribution in [2.24, 2.45) is 0 Å². The predicted octanol–water partition coefficient (Wildman–Crippen LogP) is 2.28. The first-order valence-electron chi connectivity index (χ1n) is 5.88. The van der Waals surface area contributed by atoms with Crippen molar-refractivity contribution in [3.05, 3.63) is 22.1 Å². The lowest BCUT2D eigenvalue weighted by atomic mass is 10.2. The largest absolute Gasteiger partial charge is 0.465 e. The van der Waals surface area contributed by atoms with Crippen molar-refractivity contribution in [2.75, 3.05) is 31.8 Å². The van der Waals surface area contributed by atoms with E-state index in [0.717, 1.165) is 16.9 Å². The third kappa shape index (κ3) is 3.51. The summed E-state index contributed by atoms with van der Waals surface area (Å²) in [5.74, 6) is -1.17. The number of thiophene rings is 1. The molecule has 7 heteroatoms. The molecule has 3 N–H and O–H groups in total. The highest BCUT2D eigenvalue weighted by Crippen LogP contribution is 2.36. The van der Waals surface area contributed by atoms with Gasteiger partial charge in [0, 0.05) is 6.54 Å². The Morgan fingerprint density at radius 2 is 1.85 bits per heavy atom. The molecule has 0 saturated carbocycles. The van der Waals surface area contributed by atoms with Crippen molar-refractivity contribution in [3.8, 4) is 0 Å². The van der Waals surface area contributed by atoms with Crippen molar-refractivity contribution in [1.29, 1.82) is 0 Å². The molecular weight excluding hydrogens is 280 g/mol. The van der Waals surface area contributed by atoms with Crippen LogP contribution in [0.1, 0.15) is 33.9 Å². The number of anilines is 2. The Morgan fingerprint density at radius 3 is 2.35 bits per heavy atom. The average molecular weight is 298 g/mol. The molecule has 0 aromatic carbocycles. The Bertz CT molecular complexity index is 545. The van der Waals surface area contributed by atoms with Gasteiger partial charge in [-0.15, -0.1) is 11.3 Å². The molecule has 0 aliphatic carbocycles. The summed E-state index contributed by atoms with van der Waals surface area (Å²) in [4.78, 5) is 23.6. The highest BCUT2D eigenvalue weighted by atomic mass is 32.1. The Labute approximate surface area is 121 Å². The van der Waals surface area contributed by atoms with Gasteiger partial charge < -0.3 is 20.5 Å². The van der Waals surface area contributed by atoms with Gasteiger partial charge in [0.25, 0.3) is 0 Å². The maximum Gasteiger partial charge on any atom is 0.350 e. The van der Waals surface area contributed by atoms with Gasteiger partial charge in [-0.3, -0.25) is 0 Å². The van der Waals surface area contributed by atoms with Crippen molar-refractivity contribution in [3.63, 3.8) is 0 Å². The van der Waals surface area contributed by atoms with Crippen LogP contribution in [-0.2, 0) is 9.47 Å². The summed E-state index contributed by atoms with van der Waals surface area (Å²) < 4.78 is 9.33. The van der Waals surface area contributed by atoms with Gasteiger partial charge in [-0.25, -0.2) is 9.59 Å². The summed E-state index contributed by atoms with van der Waals surface area (Å²) in [7, 11) is 2.52. The van der Waals surface area contributed by atoms with E-state index in [1.807, 2.05) is 19.9 Å². The quantitative estimate of drug-likeness (QED) is 0.640. The van der Waals surface area contributed by atoms with Gasteiger partial charge >= 0.3 is 11.9 Å². The van der Waals surface area contributed by atoms with E-state index < -0.39 is 11.9 Å². The minimum atomic E-state index is -0.589. The summed E-state index contributed by atoms with van der Waals surface area (Å²) in [6, 6.07) is 0. The molecule has 0 unspecified atom stereocenters. The summed E-state index contributed by atoms with van der Waals surface area (Å²) in [5.41, 5.74) is 7.22. The second-order valence-corrected chi connectivity index (χ2v) is 5.22. The first-order valence-corrected chi connectivity index (χ1v) is 6.70. The molecule has 20 heavy (non-hydrogen) atoms. The summed E-state index contributed by atoms with van der Waals surface area (Å²) in [6.45, 7) is 4.45. The van der Waals surface area contributed by atoms with Crippen molar-refractivity contribution in [2.45, 2.75) is 13.8 Å². The van der Waals surface area contributed by atoms with E-state index in [0.29, 0.717) is 11.5 Å². The molecule has 0 atom stereocenters. The van der Waals surface area contributed by atoms with Crippen LogP contribution in [0.4, 0.5) is 10.7 Å². The number of esters is 2. The SMILES string of the molecule is COC(=O)c1sc(NCC=C(C)C)c(C(=O)OC)c1N. The lowest BCUT2D eigenvalue weighted by molar-refractivity contribution is 0.0602. The van der Waals surface area contributed by atoms with Crippen LogP contribution in [0.3, 0.4) is 0 Å². The van der Waals surface area contributed by atoms with Crippen LogP contribution < -0.4 is 11.1 Å². The Balaban J connectivity index is 3.16. The highest BCUT2D eigenvalue weighted by Gasteiger charge is 2.26. The number of carbonyl (C=O) groups excluding carboxylic acids is 2. The summed E-state index contributed by atoms with van der Waals surface area (Å²) in [5, 5.41) is 3.55. The van der Waals surface area contributed by atoms with Gasteiger partial charge in [-0.05, 0) is 13.8 Å². The van der Waals surface area contributed by atoms with E-state index >= 15 is 0 Å². The van der Waals surface area contributed by atoms with E-state index in [4.69, 9.17) is 10.5 Å². The van der Waals surface area contributed by atoms with Crippen LogP contribution in [0.2, 0.25) is 0 Å². The second-order valence-electron chi connectivity index (χ2n) is 4.19. The fourth-order valence-corrected chi connectivity index (χ4v) is 2.50. The fraction of sp³-hybridized carbons (Fsp3) is 0.385. The van der Waals surface area contributed by atoms with Gasteiger partial charge in [0.15, 0.2) is 0 Å². The van der Waals surface area contributed by atoms with Crippen LogP contribution >= 0.6 is 11.3 Å². The van der Waals surface area contributed by atoms with Crippen LogP contribution in [0, 0.1) is 0 Å². The van der Waals surface area contributed by atoms with Gasteiger partial charge in [-0.1, -0.05) is 11.6 Å². The maximum absolute atomic E-state index is 11.8. The lowest BCUT2D eigenvalue weighted by Gasteiger charge is -2.04. The molecule has 1 aromatic heterocycles. The maximum atomic E-state index is 11.8. The number of allylic oxidation sites excluding steroid dienone is 1. The zero-order valence-electron chi connectivity index (χ0n) is 11.9. The number of ether oxygens (including phenoxy) is 2. The van der Waals surface area contributed by atoms with E-state index in [1.165, 1.54) is 14.2 Å². The topological polar surface area (TPSA) is 90.6 Å². The van der Waals surface area contributed by atoms with E-state index in [1.54, 1.807) is 0 Å². The molecular formula is C13H18N2O4S. The molecule has 0 bridgehead atoms. The van der Waals surface area contributed by atoms with Gasteiger partial charge in [0.2, 0.25) is 0 Å². The minimum absolute atomic E-state index is 0.0772. The lowest BCUT2D eigenvalue weighted by Crippen LogP contribution is -2.09. The number of nitrogens with two attached hydrogens (primary N) is 1. The zero-order valence-corrected chi connectivity index (χ0v) is 12.7. The molecule has 1 heterocycles. The molecule has 6 nitrogen and oxygen atoms in total. The Kier molecular flexibility index (Phi) is 5.57. The summed E-state index contributed by atoms with van der Waals surface area (Å²) >= 11 is 1.07. The first kappa shape index (κ1) is 16.0. The molecule has 0 amide bonds. The molecule has 0 spiro atoms. The fourth-order valence-electron chi connectivity index (χ4n) is 1.47. The molecule has 0 aliphatic rings. The van der Waals surface area contributed by atoms with Gasteiger partial charge in [0.05, 0.1) is 19.9 Å². The Hall–Kier alpha value is -2.02. The van der Waals surface area contributed by atoms with Gasteiger partial charge in [0.1, 0.15) is 15.4 Å². The standard InChI is InChI=1S/C13H18N2O4S/c1-7(2)5-6-15-11-8(12(16)18-3)9(14)10(20-11)13(17)19-4/h5,15H,6,14H2,1-4H3. The minimum Gasteiger partial charge on any atom is -0.465 e. The molecule has 0 saturated heterocycles. The number of carbonyl (C=O) groups is 2. The summed E-state index contributed by atoms with van der Waals surface area (Å²) in [6.07, 6.45) is 1.95. The predicted molar refractivity (Wildman–Crippen MR) is 79.3 cm³/mol. The molecule has 0 aliphatic heterocycles. The van der Waals surface area contributed by atoms with Crippen LogP contribution in [-0.4, -0.2) is 32.7 Å². The highest BCUT2D eigenvalue weighted by molar-refractivity contribution is 7.19. The number of nitrogens with one attached hydrogen (secondary N) is 1. The van der Waals surface area contributed by atoms with Crippen LogP contribution in [0.15, 0.2) is 11.6 Å². The zero-order chi connectivity index (χ0) is 15.3. The second kappa shape index (κ2) is 6.95. The number of rotatable bonds is 5. The molecule has 1 rings (SSSR count). The van der Waals surface area contributed by atoms with Crippen molar-refractivity contribution < 1.29 is 19.1 Å². The molecule has 1 aromatic rings. The monoisotopic (exact) mass is 298 g/mol. The first-order chi connectivity index (χ1) is 9.42. The third-order valence-electron chi connectivity index (χ3n) is 2.48. The average Bonchev–Trinajstić information content (AvgIpc) is 2.73. The number of methoxy groups -OCH3 is 2. The number of hydrogen-bond donors (Lipinski definition) is 2. The van der Waals surface area contributed by atoms with E-state index in [2.05, 4.69) is 10.1 Å². The van der Waals surface area contributed by atoms with Crippen molar-refractivity contribution >= 4 is 34.0 Å². The van der Waals surface area contributed by atoms with Crippen LogP contribution in [0.25, 0.3) is 0 Å². The molecule has 110 valence electrons. The van der Waals surface area contributed by atoms with E-state index in [-0.39, 0.29) is 16.1 Å². The van der Waals surface area contributed by atoms with Crippen molar-refractivity contribution in [1.82, 2.24) is 0 Å². The number of hydrogen-bond acceptors (Lipinski definition) is 7. The molecule has 0 radical (unpaired) electrons. The normalized spacial score (nSPS) is 9.80. The van der Waals surface area contributed by atoms with Gasteiger partial charge in [-0.2, -0.15) is 0 Å².